The first-order valence-corrected chi connectivity index (χ1v) is 8.16. The fraction of sp³-hybridized carbons (Fsp3) is 0. The van der Waals surface area contributed by atoms with Crippen LogP contribution in [-0.4, -0.2) is 18.5 Å². The molecule has 0 aliphatic heterocycles. The molecule has 120 valence electrons. The molecule has 0 aliphatic carbocycles. The minimum Gasteiger partial charge on any atom is -0.332 e. The molecular weight excluding hydrogens is 340 g/mol. The van der Waals surface area contributed by atoms with Crippen LogP contribution in [0.3, 0.4) is 0 Å². The molecular formula is C13H12N4O4S2. The van der Waals surface area contributed by atoms with Gasteiger partial charge in [0.15, 0.2) is 5.11 Å². The SMILES string of the molecule is O=[N+]([O-])c1ccc(NC(=S)NNS(=O)(=O)c2ccccc2)cc1. The van der Waals surface area contributed by atoms with Gasteiger partial charge in [-0.1, -0.05) is 18.2 Å². The molecule has 8 nitrogen and oxygen atoms in total. The summed E-state index contributed by atoms with van der Waals surface area (Å²) in [4.78, 5) is 12.3. The third kappa shape index (κ3) is 4.71. The summed E-state index contributed by atoms with van der Waals surface area (Å²) in [5, 5.41) is 13.3. The quantitative estimate of drug-likeness (QED) is 0.427. The van der Waals surface area contributed by atoms with Gasteiger partial charge in [0.25, 0.3) is 15.7 Å². The Morgan fingerprint density at radius 1 is 1.04 bits per heavy atom. The number of hydrogen-bond donors (Lipinski definition) is 3. The Morgan fingerprint density at radius 3 is 2.22 bits per heavy atom. The van der Waals surface area contributed by atoms with Gasteiger partial charge in [0.05, 0.1) is 9.82 Å². The van der Waals surface area contributed by atoms with Gasteiger partial charge in [0, 0.05) is 17.8 Å². The lowest BCUT2D eigenvalue weighted by Gasteiger charge is -2.12. The number of anilines is 1. The number of nitro benzene ring substituents is 1. The normalized spacial score (nSPS) is 10.8. The number of non-ortho nitro benzene ring substituents is 1. The maximum Gasteiger partial charge on any atom is 0.269 e. The fourth-order valence-electron chi connectivity index (χ4n) is 1.60. The lowest BCUT2D eigenvalue weighted by molar-refractivity contribution is -0.384. The monoisotopic (exact) mass is 352 g/mol. The molecule has 0 fully saturated rings. The van der Waals surface area contributed by atoms with Crippen molar-refractivity contribution in [3.63, 3.8) is 0 Å². The average molecular weight is 352 g/mol. The zero-order chi connectivity index (χ0) is 16.9. The maximum absolute atomic E-state index is 12.0. The first-order chi connectivity index (χ1) is 10.9. The molecule has 0 heterocycles. The van der Waals surface area contributed by atoms with Crippen LogP contribution in [0.25, 0.3) is 0 Å². The van der Waals surface area contributed by atoms with E-state index >= 15 is 0 Å². The Kier molecular flexibility index (Phi) is 5.21. The second kappa shape index (κ2) is 7.13. The molecule has 0 amide bonds. The highest BCUT2D eigenvalue weighted by Gasteiger charge is 2.13. The van der Waals surface area contributed by atoms with Crippen molar-refractivity contribution >= 4 is 38.7 Å². The van der Waals surface area contributed by atoms with Crippen molar-refractivity contribution in [3.8, 4) is 0 Å². The van der Waals surface area contributed by atoms with Crippen molar-refractivity contribution in [1.82, 2.24) is 10.3 Å². The Balaban J connectivity index is 1.94. The third-order valence-electron chi connectivity index (χ3n) is 2.69. The number of nitrogens with one attached hydrogen (secondary N) is 3. The van der Waals surface area contributed by atoms with E-state index in [4.69, 9.17) is 12.2 Å². The van der Waals surface area contributed by atoms with Gasteiger partial charge in [-0.15, -0.1) is 4.83 Å². The van der Waals surface area contributed by atoms with Gasteiger partial charge in [-0.2, -0.15) is 0 Å². The second-order valence-electron chi connectivity index (χ2n) is 4.30. The van der Waals surface area contributed by atoms with E-state index in [1.54, 1.807) is 18.2 Å². The van der Waals surface area contributed by atoms with Gasteiger partial charge >= 0.3 is 0 Å². The summed E-state index contributed by atoms with van der Waals surface area (Å²) in [5.41, 5.74) is 2.78. The predicted molar refractivity (Wildman–Crippen MR) is 89.2 cm³/mol. The topological polar surface area (TPSA) is 113 Å². The van der Waals surface area contributed by atoms with E-state index in [0.29, 0.717) is 5.69 Å². The molecule has 2 aromatic carbocycles. The van der Waals surface area contributed by atoms with E-state index in [-0.39, 0.29) is 15.7 Å². The lowest BCUT2D eigenvalue weighted by atomic mass is 10.3. The molecule has 10 heteroatoms. The minimum atomic E-state index is -3.74. The fourth-order valence-corrected chi connectivity index (χ4v) is 2.70. The molecule has 23 heavy (non-hydrogen) atoms. The van der Waals surface area contributed by atoms with Crippen molar-refractivity contribution in [1.29, 1.82) is 0 Å². The number of benzene rings is 2. The van der Waals surface area contributed by atoms with Gasteiger partial charge in [-0.05, 0) is 36.5 Å². The Morgan fingerprint density at radius 2 is 1.65 bits per heavy atom. The number of sulfonamides is 1. The van der Waals surface area contributed by atoms with Crippen LogP contribution in [0.1, 0.15) is 0 Å². The van der Waals surface area contributed by atoms with Crippen LogP contribution in [0.4, 0.5) is 11.4 Å². The van der Waals surface area contributed by atoms with Crippen LogP contribution < -0.4 is 15.6 Å². The summed E-state index contributed by atoms with van der Waals surface area (Å²) in [6, 6.07) is 13.3. The van der Waals surface area contributed by atoms with Crippen molar-refractivity contribution in [2.24, 2.45) is 0 Å². The van der Waals surface area contributed by atoms with Crippen LogP contribution in [-0.2, 0) is 10.0 Å². The van der Waals surface area contributed by atoms with E-state index in [0.717, 1.165) is 0 Å². The lowest BCUT2D eigenvalue weighted by Crippen LogP contribution is -2.43. The van der Waals surface area contributed by atoms with Gasteiger partial charge in [0.2, 0.25) is 0 Å². The molecule has 0 aromatic heterocycles. The standard InChI is InChI=1S/C13H12N4O4S2/c18-17(19)11-8-6-10(7-9-11)14-13(22)15-16-23(20,21)12-4-2-1-3-5-12/h1-9,16H,(H2,14,15,22). The maximum atomic E-state index is 12.0. The molecule has 0 saturated heterocycles. The summed E-state index contributed by atoms with van der Waals surface area (Å²) in [6.07, 6.45) is 0. The molecule has 0 aliphatic rings. The van der Waals surface area contributed by atoms with Crippen molar-refractivity contribution in [3.05, 3.63) is 64.7 Å². The largest absolute Gasteiger partial charge is 0.332 e. The molecule has 0 spiro atoms. The highest BCUT2D eigenvalue weighted by Crippen LogP contribution is 2.15. The van der Waals surface area contributed by atoms with Crippen LogP contribution in [0, 0.1) is 10.1 Å². The summed E-state index contributed by atoms with van der Waals surface area (Å²) >= 11 is 4.96. The Hall–Kier alpha value is -2.56. The molecule has 0 unspecified atom stereocenters. The van der Waals surface area contributed by atoms with Crippen LogP contribution >= 0.6 is 12.2 Å². The highest BCUT2D eigenvalue weighted by atomic mass is 32.2. The zero-order valence-electron chi connectivity index (χ0n) is 11.6. The van der Waals surface area contributed by atoms with Gasteiger partial charge in [-0.3, -0.25) is 15.5 Å². The van der Waals surface area contributed by atoms with Crippen molar-refractivity contribution < 1.29 is 13.3 Å². The minimum absolute atomic E-state index is 0.00152. The summed E-state index contributed by atoms with van der Waals surface area (Å²) in [7, 11) is -3.74. The number of thiocarbonyl (C=S) groups is 1. The van der Waals surface area contributed by atoms with Gasteiger partial charge < -0.3 is 5.32 Å². The average Bonchev–Trinajstić information content (AvgIpc) is 2.54. The molecule has 0 bridgehead atoms. The Bertz CT molecular complexity index is 808. The molecule has 0 atom stereocenters. The first-order valence-electron chi connectivity index (χ1n) is 6.27. The number of hydrogen-bond acceptors (Lipinski definition) is 5. The van der Waals surface area contributed by atoms with E-state index in [2.05, 4.69) is 15.6 Å². The van der Waals surface area contributed by atoms with Gasteiger partial charge in [-0.25, -0.2) is 8.42 Å². The zero-order valence-corrected chi connectivity index (χ0v) is 13.2. The molecule has 0 radical (unpaired) electrons. The second-order valence-corrected chi connectivity index (χ2v) is 6.39. The van der Waals surface area contributed by atoms with Crippen LogP contribution in [0.15, 0.2) is 59.5 Å². The third-order valence-corrected chi connectivity index (χ3v) is 4.16. The number of rotatable bonds is 5. The summed E-state index contributed by atoms with van der Waals surface area (Å²) in [6.45, 7) is 0. The number of nitrogens with zero attached hydrogens (tertiary/aromatic N) is 1. The van der Waals surface area contributed by atoms with E-state index < -0.39 is 14.9 Å². The smallest absolute Gasteiger partial charge is 0.269 e. The van der Waals surface area contributed by atoms with E-state index in [9.17, 15) is 18.5 Å². The van der Waals surface area contributed by atoms with E-state index in [1.165, 1.54) is 36.4 Å². The number of hydrazine groups is 1. The first kappa shape index (κ1) is 16.8. The summed E-state index contributed by atoms with van der Waals surface area (Å²) < 4.78 is 23.9. The molecule has 0 saturated carbocycles. The van der Waals surface area contributed by atoms with Crippen molar-refractivity contribution in [2.75, 3.05) is 5.32 Å². The molecule has 3 N–H and O–H groups in total. The molecule has 2 aromatic rings. The van der Waals surface area contributed by atoms with Crippen LogP contribution in [0.5, 0.6) is 0 Å². The predicted octanol–water partition coefficient (Wildman–Crippen LogP) is 1.77. The van der Waals surface area contributed by atoms with Gasteiger partial charge in [0.1, 0.15) is 0 Å². The highest BCUT2D eigenvalue weighted by molar-refractivity contribution is 7.89. The molecule has 2 rings (SSSR count). The number of nitro groups is 1. The van der Waals surface area contributed by atoms with Crippen molar-refractivity contribution in [2.45, 2.75) is 4.90 Å². The van der Waals surface area contributed by atoms with E-state index in [1.807, 2.05) is 0 Å². The Labute approximate surface area is 137 Å². The van der Waals surface area contributed by atoms with Crippen LogP contribution in [0.2, 0.25) is 0 Å². The summed E-state index contributed by atoms with van der Waals surface area (Å²) in [5.74, 6) is 0.